The van der Waals surface area contributed by atoms with Crippen LogP contribution in [0.5, 0.6) is 5.75 Å². The van der Waals surface area contributed by atoms with Crippen LogP contribution in [0.2, 0.25) is 0 Å². The molecule has 0 aliphatic rings. The van der Waals surface area contributed by atoms with Gasteiger partial charge < -0.3 is 20.5 Å². The van der Waals surface area contributed by atoms with E-state index in [1.165, 1.54) is 11.1 Å². The summed E-state index contributed by atoms with van der Waals surface area (Å²) in [5.74, 6) is 2.33. The Balaban J connectivity index is 1.66. The molecular formula is C27H33N5O2S. The van der Waals surface area contributed by atoms with E-state index < -0.39 is 0 Å². The highest BCUT2D eigenvalue weighted by Gasteiger charge is 2.19. The number of aliphatic hydroxyl groups is 1. The molecule has 1 unspecified atom stereocenters. The van der Waals surface area contributed by atoms with Gasteiger partial charge in [0.2, 0.25) is 5.95 Å². The van der Waals surface area contributed by atoms with Gasteiger partial charge in [0.05, 0.1) is 23.1 Å². The van der Waals surface area contributed by atoms with Crippen LogP contribution in [0, 0.1) is 19.8 Å². The molecule has 7 nitrogen and oxygen atoms in total. The smallest absolute Gasteiger partial charge is 0.225 e. The molecule has 0 spiro atoms. The van der Waals surface area contributed by atoms with E-state index in [9.17, 15) is 5.11 Å². The van der Waals surface area contributed by atoms with Gasteiger partial charge in [-0.1, -0.05) is 49.2 Å². The van der Waals surface area contributed by atoms with Crippen LogP contribution in [0.25, 0.3) is 20.8 Å². The molecule has 0 radical (unpaired) electrons. The Morgan fingerprint density at radius 1 is 1.03 bits per heavy atom. The zero-order valence-electron chi connectivity index (χ0n) is 20.8. The first-order chi connectivity index (χ1) is 17.0. The summed E-state index contributed by atoms with van der Waals surface area (Å²) in [4.78, 5) is 14.5. The van der Waals surface area contributed by atoms with E-state index in [2.05, 4.69) is 48.7 Å². The summed E-state index contributed by atoms with van der Waals surface area (Å²) >= 11 is 1.60. The van der Waals surface area contributed by atoms with Gasteiger partial charge in [-0.15, -0.1) is 11.3 Å². The van der Waals surface area contributed by atoms with Gasteiger partial charge in [-0.3, -0.25) is 0 Å². The average molecular weight is 492 g/mol. The van der Waals surface area contributed by atoms with Crippen LogP contribution in [0.15, 0.2) is 42.5 Å². The molecular weight excluding hydrogens is 458 g/mol. The van der Waals surface area contributed by atoms with Crippen LogP contribution in [-0.2, 0) is 6.54 Å². The maximum absolute atomic E-state index is 9.59. The lowest BCUT2D eigenvalue weighted by molar-refractivity contribution is 0.217. The van der Waals surface area contributed by atoms with Crippen molar-refractivity contribution in [3.63, 3.8) is 0 Å². The van der Waals surface area contributed by atoms with E-state index in [1.54, 1.807) is 18.4 Å². The van der Waals surface area contributed by atoms with Gasteiger partial charge in [-0.2, -0.15) is 4.98 Å². The molecule has 2 aromatic heterocycles. The van der Waals surface area contributed by atoms with E-state index in [0.717, 1.165) is 50.9 Å². The van der Waals surface area contributed by atoms with Gasteiger partial charge in [0.1, 0.15) is 22.1 Å². The van der Waals surface area contributed by atoms with Crippen molar-refractivity contribution in [2.24, 2.45) is 5.92 Å². The number of nitrogens with one attached hydrogen (secondary N) is 2. The van der Waals surface area contributed by atoms with Gasteiger partial charge in [0.25, 0.3) is 0 Å². The van der Waals surface area contributed by atoms with Crippen molar-refractivity contribution < 1.29 is 9.84 Å². The number of ether oxygens (including phenoxy) is 1. The lowest BCUT2D eigenvalue weighted by atomic mass is 10.0. The second-order valence-corrected chi connectivity index (χ2v) is 9.72. The Labute approximate surface area is 210 Å². The van der Waals surface area contributed by atoms with Crippen molar-refractivity contribution in [1.82, 2.24) is 15.0 Å². The molecule has 35 heavy (non-hydrogen) atoms. The normalized spacial score (nSPS) is 12.0. The lowest BCUT2D eigenvalue weighted by Crippen LogP contribution is -2.14. The molecule has 2 aromatic carbocycles. The first-order valence-electron chi connectivity index (χ1n) is 12.0. The summed E-state index contributed by atoms with van der Waals surface area (Å²) in [6, 6.07) is 14.4. The molecule has 2 heterocycles. The number of rotatable bonds is 11. The number of aromatic nitrogens is 3. The summed E-state index contributed by atoms with van der Waals surface area (Å²) in [5.41, 5.74) is 4.99. The largest absolute Gasteiger partial charge is 0.494 e. The second kappa shape index (κ2) is 11.5. The molecule has 0 saturated carbocycles. The number of fused-ring (bicyclic) bond motifs is 1. The summed E-state index contributed by atoms with van der Waals surface area (Å²) in [5, 5.41) is 17.3. The number of anilines is 2. The van der Waals surface area contributed by atoms with Gasteiger partial charge >= 0.3 is 0 Å². The third kappa shape index (κ3) is 5.89. The number of benzene rings is 2. The van der Waals surface area contributed by atoms with Crippen LogP contribution in [0.1, 0.15) is 36.6 Å². The summed E-state index contributed by atoms with van der Waals surface area (Å²) in [6.07, 6.45) is 1.80. The van der Waals surface area contributed by atoms with E-state index in [4.69, 9.17) is 19.7 Å². The Morgan fingerprint density at radius 2 is 1.83 bits per heavy atom. The zero-order chi connectivity index (χ0) is 24.8. The summed E-state index contributed by atoms with van der Waals surface area (Å²) < 4.78 is 6.57. The first kappa shape index (κ1) is 24.9. The molecule has 0 aliphatic carbocycles. The van der Waals surface area contributed by atoms with Crippen LogP contribution in [-0.4, -0.2) is 40.3 Å². The molecule has 0 aliphatic heterocycles. The minimum Gasteiger partial charge on any atom is -0.494 e. The van der Waals surface area contributed by atoms with Crippen molar-refractivity contribution in [2.75, 3.05) is 30.9 Å². The fourth-order valence-corrected chi connectivity index (χ4v) is 5.02. The van der Waals surface area contributed by atoms with E-state index >= 15 is 0 Å². The molecule has 3 N–H and O–H groups in total. The number of nitrogens with zero attached hydrogens (tertiary/aromatic N) is 3. The number of hydrogen-bond acceptors (Lipinski definition) is 8. The van der Waals surface area contributed by atoms with Gasteiger partial charge in [-0.25, -0.2) is 9.97 Å². The van der Waals surface area contributed by atoms with E-state index in [1.807, 2.05) is 25.1 Å². The average Bonchev–Trinajstić information content (AvgIpc) is 3.30. The van der Waals surface area contributed by atoms with Crippen LogP contribution < -0.4 is 15.4 Å². The molecule has 0 saturated heterocycles. The monoisotopic (exact) mass is 491 g/mol. The minimum absolute atomic E-state index is 0.189. The van der Waals surface area contributed by atoms with Gasteiger partial charge in [0.15, 0.2) is 0 Å². The van der Waals surface area contributed by atoms with Crippen LogP contribution in [0.3, 0.4) is 0 Å². The molecule has 0 fully saturated rings. The van der Waals surface area contributed by atoms with E-state index in [-0.39, 0.29) is 12.5 Å². The molecule has 0 bridgehead atoms. The van der Waals surface area contributed by atoms with Crippen molar-refractivity contribution in [2.45, 2.75) is 40.2 Å². The summed E-state index contributed by atoms with van der Waals surface area (Å²) in [7, 11) is 1.66. The van der Waals surface area contributed by atoms with Crippen molar-refractivity contribution >= 4 is 33.3 Å². The van der Waals surface area contributed by atoms with Gasteiger partial charge in [0, 0.05) is 19.7 Å². The Morgan fingerprint density at radius 3 is 2.54 bits per heavy atom. The number of aliphatic hydroxyl groups excluding tert-OH is 1. The van der Waals surface area contributed by atoms with Gasteiger partial charge in [-0.05, 0) is 43.9 Å². The quantitative estimate of drug-likeness (QED) is 0.244. The van der Waals surface area contributed by atoms with Crippen LogP contribution >= 0.6 is 11.3 Å². The lowest BCUT2D eigenvalue weighted by Gasteiger charge is -2.16. The molecule has 4 aromatic rings. The predicted octanol–water partition coefficient (Wildman–Crippen LogP) is 5.81. The highest BCUT2D eigenvalue weighted by Crippen LogP contribution is 2.38. The molecule has 0 amide bonds. The molecule has 184 valence electrons. The van der Waals surface area contributed by atoms with Crippen molar-refractivity contribution in [1.29, 1.82) is 0 Å². The highest BCUT2D eigenvalue weighted by atomic mass is 32.1. The second-order valence-electron chi connectivity index (χ2n) is 8.69. The topological polar surface area (TPSA) is 92.2 Å². The number of hydrogen-bond donors (Lipinski definition) is 3. The van der Waals surface area contributed by atoms with Crippen LogP contribution in [0.4, 0.5) is 11.8 Å². The van der Waals surface area contributed by atoms with Crippen molar-refractivity contribution in [3.8, 4) is 16.3 Å². The Bertz CT molecular complexity index is 1270. The SMILES string of the molecule is CCC(CO)CCNc1nc(NCc2ccc(C)cc2)nc(C)c1-c1nc2c(OC)cccc2s1. The summed E-state index contributed by atoms with van der Waals surface area (Å²) in [6.45, 7) is 7.70. The third-order valence-electron chi connectivity index (χ3n) is 6.16. The number of aryl methyl sites for hydroxylation is 2. The maximum Gasteiger partial charge on any atom is 0.225 e. The Hall–Kier alpha value is -3.23. The standard InChI is InChI=1S/C27H33N5O2S/c1-5-19(16-33)13-14-28-25-23(26-31-24-21(34-4)7-6-8-22(24)35-26)18(3)30-27(32-25)29-15-20-11-9-17(2)10-12-20/h6-12,19,33H,5,13-16H2,1-4H3,(H2,28,29,30,32). The first-order valence-corrected chi connectivity index (χ1v) is 12.8. The maximum atomic E-state index is 9.59. The third-order valence-corrected chi connectivity index (χ3v) is 7.20. The highest BCUT2D eigenvalue weighted by molar-refractivity contribution is 7.21. The molecule has 1 atom stereocenters. The zero-order valence-corrected chi connectivity index (χ0v) is 21.6. The minimum atomic E-state index is 0.189. The van der Waals surface area contributed by atoms with E-state index in [0.29, 0.717) is 19.0 Å². The van der Waals surface area contributed by atoms with Crippen molar-refractivity contribution in [3.05, 3.63) is 59.3 Å². The fourth-order valence-electron chi connectivity index (χ4n) is 3.94. The predicted molar refractivity (Wildman–Crippen MR) is 144 cm³/mol. The number of methoxy groups -OCH3 is 1. The molecule has 4 rings (SSSR count). The Kier molecular flexibility index (Phi) is 8.15. The molecule has 8 heteroatoms. The fraction of sp³-hybridized carbons (Fsp3) is 0.370. The number of para-hydroxylation sites is 1. The number of thiazole rings is 1.